The first kappa shape index (κ1) is 23.1. The molecule has 5 nitrogen and oxygen atoms in total. The van der Waals surface area contributed by atoms with Crippen LogP contribution in [0.3, 0.4) is 0 Å². The molecule has 0 aliphatic carbocycles. The molecule has 2 heterocycles. The van der Waals surface area contributed by atoms with Crippen LogP contribution in [-0.2, 0) is 19.3 Å². The van der Waals surface area contributed by atoms with Crippen LogP contribution < -0.4 is 5.56 Å². The lowest BCUT2D eigenvalue weighted by Gasteiger charge is -2.07. The van der Waals surface area contributed by atoms with Crippen molar-refractivity contribution in [2.75, 3.05) is 0 Å². The van der Waals surface area contributed by atoms with Crippen LogP contribution in [0.25, 0.3) is 0 Å². The highest BCUT2D eigenvalue weighted by Crippen LogP contribution is 2.29. The smallest absolute Gasteiger partial charge is 0.334 e. The lowest BCUT2D eigenvalue weighted by atomic mass is 10.4. The maximum Gasteiger partial charge on any atom is 0.435 e. The number of hydrogen-bond donors (Lipinski definition) is 1. The third-order valence-corrected chi connectivity index (χ3v) is 3.36. The normalized spacial score (nSPS) is 10.4. The van der Waals surface area contributed by atoms with E-state index in [9.17, 15) is 18.0 Å². The van der Waals surface area contributed by atoms with Gasteiger partial charge in [0, 0.05) is 24.4 Å². The van der Waals surface area contributed by atoms with Crippen LogP contribution >= 0.6 is 23.8 Å². The standard InChI is InChI=1S/C11H10ClF3N4OS.C2H6.C2H4/c1-2-18-9(20)3-6(16-10(18)21)5-19-8(12)4-7(17-19)11(13,14)15;2*1-2/h3-4H,2,5H2,1H3,(H,16,21);1-2H3;1-2H2. The predicted octanol–water partition coefficient (Wildman–Crippen LogP) is 4.67. The number of nitrogens with one attached hydrogen (secondary N) is 1. The van der Waals surface area contributed by atoms with Gasteiger partial charge < -0.3 is 4.98 Å². The van der Waals surface area contributed by atoms with Crippen molar-refractivity contribution >= 4 is 23.8 Å². The van der Waals surface area contributed by atoms with Crippen LogP contribution in [0.2, 0.25) is 5.15 Å². The minimum atomic E-state index is -4.58. The van der Waals surface area contributed by atoms with E-state index in [1.165, 1.54) is 10.6 Å². The highest BCUT2D eigenvalue weighted by Gasteiger charge is 2.34. The average Bonchev–Trinajstić information content (AvgIpc) is 2.92. The molecule has 140 valence electrons. The summed E-state index contributed by atoms with van der Waals surface area (Å²) in [5.74, 6) is 0. The second-order valence-corrected chi connectivity index (χ2v) is 4.96. The number of nitrogens with zero attached hydrogens (tertiary/aromatic N) is 3. The van der Waals surface area contributed by atoms with Gasteiger partial charge in [-0.1, -0.05) is 25.4 Å². The van der Waals surface area contributed by atoms with Crippen LogP contribution in [0.5, 0.6) is 0 Å². The van der Waals surface area contributed by atoms with Gasteiger partial charge in [-0.05, 0) is 19.1 Å². The predicted molar refractivity (Wildman–Crippen MR) is 95.5 cm³/mol. The minimum absolute atomic E-state index is 0.113. The number of aromatic nitrogens is 4. The van der Waals surface area contributed by atoms with Crippen molar-refractivity contribution in [1.82, 2.24) is 19.3 Å². The lowest BCUT2D eigenvalue weighted by Crippen LogP contribution is -2.22. The fourth-order valence-electron chi connectivity index (χ4n) is 1.76. The van der Waals surface area contributed by atoms with E-state index in [-0.39, 0.29) is 22.0 Å². The Morgan fingerprint density at radius 2 is 1.88 bits per heavy atom. The molecule has 0 unspecified atom stereocenters. The highest BCUT2D eigenvalue weighted by molar-refractivity contribution is 7.71. The summed E-state index contributed by atoms with van der Waals surface area (Å²) in [6, 6.07) is 1.98. The minimum Gasteiger partial charge on any atom is -0.334 e. The summed E-state index contributed by atoms with van der Waals surface area (Å²) < 4.78 is 40.1. The monoisotopic (exact) mass is 396 g/mol. The molecule has 0 bridgehead atoms. The molecule has 0 atom stereocenters. The second kappa shape index (κ2) is 10.2. The molecule has 1 N–H and O–H groups in total. The van der Waals surface area contributed by atoms with Crippen molar-refractivity contribution in [2.45, 2.75) is 40.0 Å². The van der Waals surface area contributed by atoms with Gasteiger partial charge in [-0.3, -0.25) is 9.36 Å². The zero-order valence-electron chi connectivity index (χ0n) is 14.2. The van der Waals surface area contributed by atoms with Crippen molar-refractivity contribution < 1.29 is 13.2 Å². The number of aromatic amines is 1. The van der Waals surface area contributed by atoms with Crippen molar-refractivity contribution in [1.29, 1.82) is 0 Å². The molecular weight excluding hydrogens is 377 g/mol. The molecule has 2 aromatic rings. The van der Waals surface area contributed by atoms with Gasteiger partial charge in [-0.25, -0.2) is 4.68 Å². The summed E-state index contributed by atoms with van der Waals surface area (Å²) in [6.45, 7) is 12.0. The zero-order chi connectivity index (χ0) is 19.8. The largest absolute Gasteiger partial charge is 0.435 e. The lowest BCUT2D eigenvalue weighted by molar-refractivity contribution is -0.141. The summed E-state index contributed by atoms with van der Waals surface area (Å²) in [5.41, 5.74) is -1.10. The molecule has 0 aromatic carbocycles. The molecule has 0 spiro atoms. The van der Waals surface area contributed by atoms with Crippen molar-refractivity contribution in [3.8, 4) is 0 Å². The molecule has 0 aliphatic rings. The highest BCUT2D eigenvalue weighted by atomic mass is 35.5. The fourth-order valence-corrected chi connectivity index (χ4v) is 2.31. The van der Waals surface area contributed by atoms with Crippen molar-refractivity contribution in [3.63, 3.8) is 0 Å². The van der Waals surface area contributed by atoms with Gasteiger partial charge in [-0.15, -0.1) is 13.2 Å². The Labute approximate surface area is 153 Å². The van der Waals surface area contributed by atoms with E-state index in [2.05, 4.69) is 23.2 Å². The SMILES string of the molecule is C=C.CC.CCn1c(=O)cc(Cn2nc(C(F)(F)F)cc2Cl)[nH]c1=S. The molecule has 0 amide bonds. The van der Waals surface area contributed by atoms with E-state index < -0.39 is 11.9 Å². The Balaban J connectivity index is 0.00000134. The maximum atomic E-state index is 12.5. The molecule has 0 fully saturated rings. The summed E-state index contributed by atoms with van der Waals surface area (Å²) in [6.07, 6.45) is -4.58. The first-order chi connectivity index (χ1) is 11.7. The third-order valence-electron chi connectivity index (χ3n) is 2.73. The second-order valence-electron chi connectivity index (χ2n) is 4.19. The molecule has 0 saturated heterocycles. The molecule has 2 aromatic heterocycles. The first-order valence-electron chi connectivity index (χ1n) is 7.36. The molecular formula is C15H20ClF3N4OS. The Hall–Kier alpha value is -1.87. The summed E-state index contributed by atoms with van der Waals surface area (Å²) >= 11 is 10.7. The van der Waals surface area contributed by atoms with Gasteiger partial charge in [0.05, 0.1) is 6.54 Å². The van der Waals surface area contributed by atoms with E-state index in [0.717, 1.165) is 10.7 Å². The first-order valence-corrected chi connectivity index (χ1v) is 8.14. The van der Waals surface area contributed by atoms with E-state index in [1.54, 1.807) is 6.92 Å². The van der Waals surface area contributed by atoms with Crippen LogP contribution in [-0.4, -0.2) is 19.3 Å². The Morgan fingerprint density at radius 3 is 2.28 bits per heavy atom. The Bertz CT molecular complexity index is 764. The van der Waals surface area contributed by atoms with E-state index in [4.69, 9.17) is 23.8 Å². The van der Waals surface area contributed by atoms with E-state index in [0.29, 0.717) is 12.2 Å². The third kappa shape index (κ3) is 6.17. The molecule has 2 rings (SSSR count). The number of rotatable bonds is 3. The number of H-pyrrole nitrogens is 1. The number of hydrogen-bond acceptors (Lipinski definition) is 3. The molecule has 10 heteroatoms. The average molecular weight is 397 g/mol. The van der Waals surface area contributed by atoms with E-state index >= 15 is 0 Å². The van der Waals surface area contributed by atoms with Gasteiger partial charge in [0.1, 0.15) is 5.15 Å². The van der Waals surface area contributed by atoms with Gasteiger partial charge in [0.25, 0.3) is 5.56 Å². The van der Waals surface area contributed by atoms with Crippen molar-refractivity contribution in [3.05, 3.63) is 57.0 Å². The number of alkyl halides is 3. The molecule has 0 radical (unpaired) electrons. The van der Waals surface area contributed by atoms with Gasteiger partial charge in [0.15, 0.2) is 10.5 Å². The topological polar surface area (TPSA) is 55.6 Å². The summed E-state index contributed by atoms with van der Waals surface area (Å²) in [7, 11) is 0. The summed E-state index contributed by atoms with van der Waals surface area (Å²) in [5, 5.41) is 3.20. The maximum absolute atomic E-state index is 12.5. The van der Waals surface area contributed by atoms with Gasteiger partial charge in [0.2, 0.25) is 0 Å². The summed E-state index contributed by atoms with van der Waals surface area (Å²) in [4.78, 5) is 14.5. The van der Waals surface area contributed by atoms with Crippen LogP contribution in [0.4, 0.5) is 13.2 Å². The molecule has 0 aliphatic heterocycles. The van der Waals surface area contributed by atoms with E-state index in [1.807, 2.05) is 13.8 Å². The Kier molecular flexibility index (Phi) is 9.43. The van der Waals surface area contributed by atoms with Crippen molar-refractivity contribution in [2.24, 2.45) is 0 Å². The fraction of sp³-hybridized carbons (Fsp3) is 0.400. The van der Waals surface area contributed by atoms with Gasteiger partial charge in [-0.2, -0.15) is 18.3 Å². The van der Waals surface area contributed by atoms with Crippen LogP contribution in [0.1, 0.15) is 32.2 Å². The van der Waals surface area contributed by atoms with Gasteiger partial charge >= 0.3 is 6.18 Å². The zero-order valence-corrected chi connectivity index (χ0v) is 15.7. The quantitative estimate of drug-likeness (QED) is 0.605. The number of halogens is 4. The van der Waals surface area contributed by atoms with Crippen LogP contribution in [0.15, 0.2) is 30.1 Å². The van der Waals surface area contributed by atoms with Crippen LogP contribution in [0, 0.1) is 4.77 Å². The molecule has 25 heavy (non-hydrogen) atoms. The molecule has 0 saturated carbocycles. The Morgan fingerprint density at radius 1 is 1.32 bits per heavy atom.